The number of fused-ring (bicyclic) bond motifs is 1. The lowest BCUT2D eigenvalue weighted by Crippen LogP contribution is -2.29. The number of nitrogens with zero attached hydrogens (tertiary/aromatic N) is 3. The molecule has 0 bridgehead atoms. The van der Waals surface area contributed by atoms with Crippen molar-refractivity contribution in [3.63, 3.8) is 0 Å². The molecule has 0 amide bonds. The molecule has 2 aromatic rings. The van der Waals surface area contributed by atoms with Crippen LogP contribution in [0.5, 0.6) is 0 Å². The first-order valence-corrected chi connectivity index (χ1v) is 6.95. The molecule has 0 saturated carbocycles. The number of imidazole rings is 1. The minimum atomic E-state index is -0.748. The van der Waals surface area contributed by atoms with Gasteiger partial charge in [0.25, 0.3) is 5.56 Å². The van der Waals surface area contributed by atoms with Crippen LogP contribution in [0, 0.1) is 0 Å². The van der Waals surface area contributed by atoms with Gasteiger partial charge in [-0.1, -0.05) is 0 Å². The first-order valence-electron chi connectivity index (χ1n) is 6.95. The summed E-state index contributed by atoms with van der Waals surface area (Å²) in [5.74, 6) is -1.06. The van der Waals surface area contributed by atoms with Crippen molar-refractivity contribution in [1.29, 1.82) is 0 Å². The molecule has 0 aliphatic heterocycles. The second-order valence-corrected chi connectivity index (χ2v) is 4.87. The van der Waals surface area contributed by atoms with Crippen LogP contribution in [-0.4, -0.2) is 50.8 Å². The fourth-order valence-electron chi connectivity index (χ4n) is 1.91. The number of rotatable bonds is 7. The highest BCUT2D eigenvalue weighted by Crippen LogP contribution is 2.07. The van der Waals surface area contributed by atoms with Crippen LogP contribution in [0.1, 0.15) is 13.8 Å². The number of hydrogen-bond donors (Lipinski definition) is 2. The van der Waals surface area contributed by atoms with Crippen molar-refractivity contribution >= 4 is 29.1 Å². The summed E-state index contributed by atoms with van der Waals surface area (Å²) in [4.78, 5) is 43.8. The van der Waals surface area contributed by atoms with Crippen LogP contribution in [-0.2, 0) is 30.5 Å². The van der Waals surface area contributed by atoms with Gasteiger partial charge in [0.15, 0.2) is 17.3 Å². The zero-order chi connectivity index (χ0) is 17.7. The number of nitrogens with one attached hydrogen (secondary N) is 1. The first kappa shape index (κ1) is 17.4. The smallest absolute Gasteiger partial charge is 0.303 e. The van der Waals surface area contributed by atoms with Gasteiger partial charge in [-0.15, -0.1) is 0 Å². The predicted molar refractivity (Wildman–Crippen MR) is 80.7 cm³/mol. The van der Waals surface area contributed by atoms with E-state index in [1.807, 2.05) is 0 Å². The Hall–Kier alpha value is -2.95. The van der Waals surface area contributed by atoms with Crippen LogP contribution in [0.2, 0.25) is 0 Å². The molecule has 0 aliphatic rings. The van der Waals surface area contributed by atoms with E-state index in [2.05, 4.69) is 15.0 Å². The third-order valence-corrected chi connectivity index (χ3v) is 2.83. The molecule has 130 valence electrons. The molecule has 0 fully saturated rings. The highest BCUT2D eigenvalue weighted by atomic mass is 16.6. The number of carbonyl (C=O) groups excluding carboxylic acids is 2. The molecule has 2 aromatic heterocycles. The maximum Gasteiger partial charge on any atom is 0.303 e. The molecule has 0 radical (unpaired) electrons. The summed E-state index contributed by atoms with van der Waals surface area (Å²) in [5, 5.41) is 0. The molecule has 0 aliphatic carbocycles. The topological polar surface area (TPSA) is 151 Å². The van der Waals surface area contributed by atoms with Crippen molar-refractivity contribution in [2.24, 2.45) is 0 Å². The normalized spacial score (nSPS) is 12.1. The van der Waals surface area contributed by atoms with E-state index >= 15 is 0 Å². The minimum absolute atomic E-state index is 0.00969. The number of carbonyl (C=O) groups is 2. The Morgan fingerprint density at radius 3 is 2.75 bits per heavy atom. The Balaban J connectivity index is 2.00. The number of H-pyrrole nitrogens is 1. The Morgan fingerprint density at radius 2 is 2.08 bits per heavy atom. The lowest BCUT2D eigenvalue weighted by atomic mass is 10.4. The van der Waals surface area contributed by atoms with Gasteiger partial charge in [-0.2, -0.15) is 4.98 Å². The van der Waals surface area contributed by atoms with E-state index in [0.717, 1.165) is 0 Å². The van der Waals surface area contributed by atoms with E-state index in [1.165, 1.54) is 24.7 Å². The van der Waals surface area contributed by atoms with Crippen LogP contribution < -0.4 is 11.3 Å². The fraction of sp³-hybridized carbons (Fsp3) is 0.462. The second kappa shape index (κ2) is 7.55. The number of aromatic amines is 1. The Morgan fingerprint density at radius 1 is 1.33 bits per heavy atom. The van der Waals surface area contributed by atoms with Gasteiger partial charge in [0, 0.05) is 13.8 Å². The number of esters is 2. The molecule has 0 aromatic carbocycles. The van der Waals surface area contributed by atoms with Gasteiger partial charge in [0.1, 0.15) is 13.3 Å². The highest BCUT2D eigenvalue weighted by molar-refractivity contribution is 5.70. The number of ether oxygens (including phenoxy) is 3. The van der Waals surface area contributed by atoms with Crippen molar-refractivity contribution in [2.75, 3.05) is 18.9 Å². The zero-order valence-corrected chi connectivity index (χ0v) is 13.1. The third kappa shape index (κ3) is 4.52. The van der Waals surface area contributed by atoms with Gasteiger partial charge in [-0.3, -0.25) is 23.9 Å². The Kier molecular flexibility index (Phi) is 5.47. The molecular formula is C13H17N5O6. The molecule has 0 spiro atoms. The van der Waals surface area contributed by atoms with Crippen LogP contribution in [0.15, 0.2) is 11.1 Å². The van der Waals surface area contributed by atoms with Crippen molar-refractivity contribution in [3.05, 3.63) is 16.7 Å². The quantitative estimate of drug-likeness (QED) is 0.616. The SMILES string of the molecule is CC(=O)OCC(COCn1cnc2c(=O)[nH]c(N)nc21)OC(C)=O. The fourth-order valence-corrected chi connectivity index (χ4v) is 1.91. The van der Waals surface area contributed by atoms with Gasteiger partial charge in [-0.25, -0.2) is 4.98 Å². The largest absolute Gasteiger partial charge is 0.462 e. The van der Waals surface area contributed by atoms with Gasteiger partial charge >= 0.3 is 11.9 Å². The number of nitrogen functional groups attached to an aromatic ring is 1. The monoisotopic (exact) mass is 339 g/mol. The summed E-state index contributed by atoms with van der Waals surface area (Å²) in [7, 11) is 0. The highest BCUT2D eigenvalue weighted by Gasteiger charge is 2.15. The zero-order valence-electron chi connectivity index (χ0n) is 13.1. The molecule has 2 rings (SSSR count). The summed E-state index contributed by atoms with van der Waals surface area (Å²) in [6.07, 6.45) is 0.627. The lowest BCUT2D eigenvalue weighted by molar-refractivity contribution is -0.160. The van der Waals surface area contributed by atoms with E-state index in [1.54, 1.807) is 0 Å². The van der Waals surface area contributed by atoms with Gasteiger partial charge < -0.3 is 19.9 Å². The van der Waals surface area contributed by atoms with Gasteiger partial charge in [0.2, 0.25) is 5.95 Å². The summed E-state index contributed by atoms with van der Waals surface area (Å²) >= 11 is 0. The molecule has 24 heavy (non-hydrogen) atoms. The molecule has 11 heteroatoms. The summed E-state index contributed by atoms with van der Waals surface area (Å²) in [5.41, 5.74) is 5.44. The number of hydrogen-bond acceptors (Lipinski definition) is 9. The number of nitrogens with two attached hydrogens (primary N) is 1. The average Bonchev–Trinajstić information content (AvgIpc) is 2.87. The van der Waals surface area contributed by atoms with E-state index in [9.17, 15) is 14.4 Å². The Labute approximate surface area is 135 Å². The van der Waals surface area contributed by atoms with E-state index in [-0.39, 0.29) is 37.1 Å². The average molecular weight is 339 g/mol. The van der Waals surface area contributed by atoms with Crippen LogP contribution >= 0.6 is 0 Å². The molecule has 1 atom stereocenters. The van der Waals surface area contributed by atoms with E-state index in [4.69, 9.17) is 19.9 Å². The van der Waals surface area contributed by atoms with E-state index in [0.29, 0.717) is 0 Å². The maximum atomic E-state index is 11.7. The molecule has 1 unspecified atom stereocenters. The van der Waals surface area contributed by atoms with Crippen LogP contribution in [0.4, 0.5) is 5.95 Å². The van der Waals surface area contributed by atoms with Crippen molar-refractivity contribution in [3.8, 4) is 0 Å². The lowest BCUT2D eigenvalue weighted by Gasteiger charge is -2.17. The number of aromatic nitrogens is 4. The molecule has 3 N–H and O–H groups in total. The molecule has 2 heterocycles. The summed E-state index contributed by atoms with van der Waals surface area (Å²) < 4.78 is 16.7. The van der Waals surface area contributed by atoms with Crippen molar-refractivity contribution < 1.29 is 23.8 Å². The standard InChI is InChI=1S/C13H17N5O6/c1-7(19)23-4-9(24-8(2)20)3-22-6-18-5-15-10-11(18)16-13(14)17-12(10)21/h5,9H,3-4,6H2,1-2H3,(H3,14,16,17,21). The minimum Gasteiger partial charge on any atom is -0.462 e. The van der Waals surface area contributed by atoms with Crippen molar-refractivity contribution in [1.82, 2.24) is 19.5 Å². The summed E-state index contributed by atoms with van der Waals surface area (Å²) in [6.45, 7) is 2.33. The first-order chi connectivity index (χ1) is 11.4. The second-order valence-electron chi connectivity index (χ2n) is 4.87. The summed E-state index contributed by atoms with van der Waals surface area (Å²) in [6, 6.07) is 0. The van der Waals surface area contributed by atoms with Gasteiger partial charge in [-0.05, 0) is 0 Å². The molecule has 11 nitrogen and oxygen atoms in total. The Bertz CT molecular complexity index is 798. The van der Waals surface area contributed by atoms with Crippen molar-refractivity contribution in [2.45, 2.75) is 26.7 Å². The third-order valence-electron chi connectivity index (χ3n) is 2.83. The van der Waals surface area contributed by atoms with E-state index < -0.39 is 23.6 Å². The van der Waals surface area contributed by atoms with Crippen LogP contribution in [0.25, 0.3) is 11.2 Å². The predicted octanol–water partition coefficient (Wildman–Crippen LogP) is -0.829. The maximum absolute atomic E-state index is 11.7. The van der Waals surface area contributed by atoms with Gasteiger partial charge in [0.05, 0.1) is 12.9 Å². The van der Waals surface area contributed by atoms with Crippen LogP contribution in [0.3, 0.4) is 0 Å². The number of anilines is 1. The molecular weight excluding hydrogens is 322 g/mol. The molecule has 0 saturated heterocycles.